The van der Waals surface area contributed by atoms with E-state index in [1.54, 1.807) is 54.6 Å². The highest BCUT2D eigenvalue weighted by molar-refractivity contribution is 6.46. The molecule has 0 saturated heterocycles. The minimum atomic E-state index is -4.55. The number of alkyl halides is 3. The van der Waals surface area contributed by atoms with Crippen LogP contribution in [0.5, 0.6) is 5.75 Å². The van der Waals surface area contributed by atoms with Crippen LogP contribution in [0.25, 0.3) is 5.57 Å². The largest absolute Gasteiger partial charge is 0.491 e. The minimum Gasteiger partial charge on any atom is -0.491 e. The zero-order valence-corrected chi connectivity index (χ0v) is 18.4. The van der Waals surface area contributed by atoms with E-state index in [2.05, 4.69) is 5.32 Å². The molecule has 2 amide bonds. The summed E-state index contributed by atoms with van der Waals surface area (Å²) >= 11 is 0. The standard InChI is InChI=1S/C26H21F3N2O3/c1-16(2)34-21-13-11-17(12-14-21)22-23(30-19-8-6-7-18(15-19)26(27,28)29)25(33)31(24(22)32)20-9-4-3-5-10-20/h3-16,30H,1-2H3. The van der Waals surface area contributed by atoms with Crippen LogP contribution in [0.2, 0.25) is 0 Å². The Bertz CT molecular complexity index is 1250. The molecule has 0 radical (unpaired) electrons. The van der Waals surface area contributed by atoms with E-state index in [-0.39, 0.29) is 23.1 Å². The lowest BCUT2D eigenvalue weighted by molar-refractivity contribution is -0.137. The molecule has 0 aliphatic carbocycles. The van der Waals surface area contributed by atoms with Crippen molar-refractivity contribution >= 4 is 28.8 Å². The van der Waals surface area contributed by atoms with Gasteiger partial charge in [0.2, 0.25) is 0 Å². The van der Waals surface area contributed by atoms with Crippen molar-refractivity contribution in [1.82, 2.24) is 0 Å². The van der Waals surface area contributed by atoms with Crippen LogP contribution in [-0.2, 0) is 15.8 Å². The predicted octanol–water partition coefficient (Wildman–Crippen LogP) is 5.89. The van der Waals surface area contributed by atoms with Gasteiger partial charge in [0, 0.05) is 5.69 Å². The number of imide groups is 1. The van der Waals surface area contributed by atoms with Gasteiger partial charge in [-0.15, -0.1) is 0 Å². The first-order valence-electron chi connectivity index (χ1n) is 10.5. The molecule has 0 spiro atoms. The van der Waals surface area contributed by atoms with Gasteiger partial charge in [-0.1, -0.05) is 36.4 Å². The molecule has 34 heavy (non-hydrogen) atoms. The van der Waals surface area contributed by atoms with E-state index in [9.17, 15) is 22.8 Å². The summed E-state index contributed by atoms with van der Waals surface area (Å²) in [5.41, 5.74) is -0.0873. The van der Waals surface area contributed by atoms with Gasteiger partial charge in [0.05, 0.1) is 22.9 Å². The number of halogens is 3. The monoisotopic (exact) mass is 466 g/mol. The van der Waals surface area contributed by atoms with E-state index >= 15 is 0 Å². The highest BCUT2D eigenvalue weighted by Gasteiger charge is 2.40. The molecule has 4 rings (SSSR count). The topological polar surface area (TPSA) is 58.6 Å². The van der Waals surface area contributed by atoms with Gasteiger partial charge in [0.25, 0.3) is 11.8 Å². The Morgan fingerprint density at radius 2 is 1.53 bits per heavy atom. The number of ether oxygens (including phenoxy) is 1. The number of amides is 2. The number of carbonyl (C=O) groups is 2. The highest BCUT2D eigenvalue weighted by atomic mass is 19.4. The Morgan fingerprint density at radius 3 is 2.15 bits per heavy atom. The van der Waals surface area contributed by atoms with E-state index in [0.29, 0.717) is 17.0 Å². The number of hydrogen-bond donors (Lipinski definition) is 1. The van der Waals surface area contributed by atoms with Crippen LogP contribution in [0.1, 0.15) is 25.0 Å². The third kappa shape index (κ3) is 4.66. The van der Waals surface area contributed by atoms with Crippen molar-refractivity contribution in [2.24, 2.45) is 0 Å². The molecule has 1 N–H and O–H groups in total. The van der Waals surface area contributed by atoms with Gasteiger partial charge in [0.15, 0.2) is 0 Å². The Kier molecular flexibility index (Phi) is 6.15. The van der Waals surface area contributed by atoms with Gasteiger partial charge in [-0.05, 0) is 61.9 Å². The maximum Gasteiger partial charge on any atom is 0.416 e. The maximum atomic E-state index is 13.4. The number of rotatable bonds is 6. The van der Waals surface area contributed by atoms with Gasteiger partial charge in [-0.25, -0.2) is 4.90 Å². The molecule has 0 atom stereocenters. The van der Waals surface area contributed by atoms with Crippen molar-refractivity contribution in [3.05, 3.63) is 95.7 Å². The lowest BCUT2D eigenvalue weighted by Gasteiger charge is -2.15. The zero-order valence-electron chi connectivity index (χ0n) is 18.4. The van der Waals surface area contributed by atoms with E-state index in [0.717, 1.165) is 17.0 Å². The Morgan fingerprint density at radius 1 is 0.853 bits per heavy atom. The van der Waals surface area contributed by atoms with E-state index < -0.39 is 23.6 Å². The average Bonchev–Trinajstić information content (AvgIpc) is 3.03. The summed E-state index contributed by atoms with van der Waals surface area (Å²) in [5, 5.41) is 2.77. The molecule has 1 aliphatic rings. The van der Waals surface area contributed by atoms with Gasteiger partial charge >= 0.3 is 6.18 Å². The normalized spacial score (nSPS) is 14.2. The average molecular weight is 466 g/mol. The summed E-state index contributed by atoms with van der Waals surface area (Å²) < 4.78 is 45.2. The Balaban J connectivity index is 1.78. The van der Waals surface area contributed by atoms with Gasteiger partial charge < -0.3 is 10.1 Å². The van der Waals surface area contributed by atoms with Crippen LogP contribution < -0.4 is 15.0 Å². The summed E-state index contributed by atoms with van der Waals surface area (Å²) in [6, 6.07) is 19.4. The molecule has 1 aliphatic heterocycles. The van der Waals surface area contributed by atoms with E-state index in [4.69, 9.17) is 4.74 Å². The van der Waals surface area contributed by atoms with E-state index in [1.165, 1.54) is 12.1 Å². The fourth-order valence-corrected chi connectivity index (χ4v) is 3.62. The second-order valence-electron chi connectivity index (χ2n) is 7.93. The molecule has 0 fully saturated rings. The number of nitrogens with one attached hydrogen (secondary N) is 1. The minimum absolute atomic E-state index is 0.0400. The van der Waals surface area contributed by atoms with Crippen LogP contribution in [0.4, 0.5) is 24.5 Å². The molecule has 3 aromatic rings. The van der Waals surface area contributed by atoms with E-state index in [1.807, 2.05) is 13.8 Å². The van der Waals surface area contributed by atoms with Gasteiger partial charge in [0.1, 0.15) is 11.4 Å². The molecule has 174 valence electrons. The van der Waals surface area contributed by atoms with Crippen LogP contribution >= 0.6 is 0 Å². The van der Waals surface area contributed by atoms with Crippen molar-refractivity contribution in [1.29, 1.82) is 0 Å². The van der Waals surface area contributed by atoms with Crippen LogP contribution in [0, 0.1) is 0 Å². The lowest BCUT2D eigenvalue weighted by atomic mass is 10.0. The van der Waals surface area contributed by atoms with Crippen LogP contribution in [0.3, 0.4) is 0 Å². The molecule has 0 unspecified atom stereocenters. The summed E-state index contributed by atoms with van der Waals surface area (Å²) in [7, 11) is 0. The molecule has 8 heteroatoms. The number of carbonyl (C=O) groups excluding carboxylic acids is 2. The fourth-order valence-electron chi connectivity index (χ4n) is 3.62. The molecular formula is C26H21F3N2O3. The second kappa shape index (κ2) is 9.05. The summed E-state index contributed by atoms with van der Waals surface area (Å²) in [6.07, 6.45) is -4.60. The first-order chi connectivity index (χ1) is 16.1. The van der Waals surface area contributed by atoms with Crippen molar-refractivity contribution in [3.8, 4) is 5.75 Å². The lowest BCUT2D eigenvalue weighted by Crippen LogP contribution is -2.32. The number of para-hydroxylation sites is 1. The number of benzene rings is 3. The zero-order chi connectivity index (χ0) is 24.5. The third-order valence-corrected chi connectivity index (χ3v) is 5.07. The Hall–Kier alpha value is -4.07. The van der Waals surface area contributed by atoms with Crippen LogP contribution in [-0.4, -0.2) is 17.9 Å². The number of nitrogens with zero attached hydrogens (tertiary/aromatic N) is 1. The Labute approximate surface area is 194 Å². The van der Waals surface area contributed by atoms with Gasteiger partial charge in [-0.2, -0.15) is 13.2 Å². The number of hydrogen-bond acceptors (Lipinski definition) is 4. The SMILES string of the molecule is CC(C)Oc1ccc(C2=C(Nc3cccc(C(F)(F)F)c3)C(=O)N(c3ccccc3)C2=O)cc1. The van der Waals surface area contributed by atoms with Crippen molar-refractivity contribution in [2.75, 3.05) is 10.2 Å². The molecule has 0 bridgehead atoms. The van der Waals surface area contributed by atoms with Crippen LogP contribution in [0.15, 0.2) is 84.6 Å². The quantitative estimate of drug-likeness (QED) is 0.461. The third-order valence-electron chi connectivity index (χ3n) is 5.07. The molecule has 3 aromatic carbocycles. The summed E-state index contributed by atoms with van der Waals surface area (Å²) in [4.78, 5) is 27.7. The first kappa shape index (κ1) is 23.1. The molecule has 1 heterocycles. The summed E-state index contributed by atoms with van der Waals surface area (Å²) in [5.74, 6) is -0.655. The second-order valence-corrected chi connectivity index (χ2v) is 7.93. The fraction of sp³-hybridized carbons (Fsp3) is 0.154. The highest BCUT2D eigenvalue weighted by Crippen LogP contribution is 2.36. The van der Waals surface area contributed by atoms with Crippen molar-refractivity contribution in [3.63, 3.8) is 0 Å². The first-order valence-corrected chi connectivity index (χ1v) is 10.5. The van der Waals surface area contributed by atoms with Gasteiger partial charge in [-0.3, -0.25) is 9.59 Å². The number of anilines is 2. The molecule has 0 aromatic heterocycles. The predicted molar refractivity (Wildman–Crippen MR) is 123 cm³/mol. The van der Waals surface area contributed by atoms with Crippen molar-refractivity contribution < 1.29 is 27.5 Å². The van der Waals surface area contributed by atoms with Crippen molar-refractivity contribution in [2.45, 2.75) is 26.1 Å². The summed E-state index contributed by atoms with van der Waals surface area (Å²) in [6.45, 7) is 3.76. The smallest absolute Gasteiger partial charge is 0.416 e. The molecule has 5 nitrogen and oxygen atoms in total. The maximum absolute atomic E-state index is 13.4. The molecular weight excluding hydrogens is 445 g/mol. The molecule has 0 saturated carbocycles.